The second kappa shape index (κ2) is 9.04. The summed E-state index contributed by atoms with van der Waals surface area (Å²) >= 11 is 0. The predicted molar refractivity (Wildman–Crippen MR) is 95.5 cm³/mol. The van der Waals surface area contributed by atoms with E-state index in [1.54, 1.807) is 62.3 Å². The van der Waals surface area contributed by atoms with Crippen LogP contribution in [0.25, 0.3) is 0 Å². The van der Waals surface area contributed by atoms with Crippen LogP contribution < -0.4 is 9.64 Å². The molecule has 0 bridgehead atoms. The molecule has 1 aliphatic heterocycles. The van der Waals surface area contributed by atoms with Gasteiger partial charge in [-0.2, -0.15) is 0 Å². The Morgan fingerprint density at radius 2 is 1.88 bits per heavy atom. The first-order chi connectivity index (χ1) is 12.0. The van der Waals surface area contributed by atoms with E-state index in [4.69, 9.17) is 18.5 Å². The van der Waals surface area contributed by atoms with Crippen molar-refractivity contribution in [1.82, 2.24) is 0 Å². The number of carbonyl (C=O) groups is 1. The van der Waals surface area contributed by atoms with Crippen LogP contribution in [0.5, 0.6) is 5.75 Å². The summed E-state index contributed by atoms with van der Waals surface area (Å²) in [6.07, 6.45) is 3.24. The minimum atomic E-state index is -3.14. The molecule has 0 saturated carbocycles. The number of rotatable bonds is 9. The molecule has 1 unspecified atom stereocenters. The summed E-state index contributed by atoms with van der Waals surface area (Å²) in [6, 6.07) is 6.85. The number of nitrogens with zero attached hydrogens (tertiary/aromatic N) is 1. The fourth-order valence-corrected chi connectivity index (χ4v) is 3.95. The van der Waals surface area contributed by atoms with Gasteiger partial charge in [0.05, 0.1) is 32.5 Å². The largest absolute Gasteiger partial charge is 0.497 e. The molecule has 0 aliphatic carbocycles. The quantitative estimate of drug-likeness (QED) is 0.486. The Bertz CT molecular complexity index is 635. The van der Waals surface area contributed by atoms with Crippen molar-refractivity contribution in [3.8, 4) is 5.75 Å². The number of benzene rings is 1. The fourth-order valence-electron chi connectivity index (χ4n) is 2.50. The van der Waals surface area contributed by atoms with E-state index in [1.165, 1.54) is 0 Å². The van der Waals surface area contributed by atoms with E-state index >= 15 is 0 Å². The summed E-state index contributed by atoms with van der Waals surface area (Å²) in [7, 11) is -1.56. The van der Waals surface area contributed by atoms with Gasteiger partial charge >= 0.3 is 13.7 Å². The second-order valence-electron chi connectivity index (χ2n) is 5.27. The van der Waals surface area contributed by atoms with Crippen molar-refractivity contribution in [2.45, 2.75) is 19.9 Å². The number of ether oxygens (including phenoxy) is 2. The molecule has 0 spiro atoms. The third-order valence-corrected chi connectivity index (χ3v) is 5.56. The highest BCUT2D eigenvalue weighted by molar-refractivity contribution is 7.54. The average Bonchev–Trinajstić information content (AvgIpc) is 2.96. The van der Waals surface area contributed by atoms with Gasteiger partial charge in [0.2, 0.25) is 0 Å². The maximum atomic E-state index is 12.5. The van der Waals surface area contributed by atoms with E-state index in [9.17, 15) is 9.36 Å². The minimum absolute atomic E-state index is 0.149. The van der Waals surface area contributed by atoms with Crippen LogP contribution in [0.15, 0.2) is 36.4 Å². The summed E-state index contributed by atoms with van der Waals surface area (Å²) in [6.45, 7) is 4.39. The first-order valence-electron chi connectivity index (χ1n) is 8.17. The third-order valence-electron chi connectivity index (χ3n) is 3.60. The van der Waals surface area contributed by atoms with E-state index in [1.807, 2.05) is 0 Å². The maximum absolute atomic E-state index is 12.5. The van der Waals surface area contributed by atoms with E-state index in [0.29, 0.717) is 24.7 Å². The normalized spacial score (nSPS) is 18.0. The average molecular weight is 369 g/mol. The van der Waals surface area contributed by atoms with Gasteiger partial charge < -0.3 is 18.5 Å². The first-order valence-corrected chi connectivity index (χ1v) is 9.90. The number of anilines is 1. The molecule has 7 nitrogen and oxygen atoms in total. The molecule has 1 aliphatic rings. The summed E-state index contributed by atoms with van der Waals surface area (Å²) < 4.78 is 33.2. The van der Waals surface area contributed by atoms with Gasteiger partial charge in [-0.25, -0.2) is 4.79 Å². The second-order valence-corrected chi connectivity index (χ2v) is 7.37. The standard InChI is InChI=1S/C17H24NO6P/c1-4-23-25(20,24-5-2)12-6-7-15-13-22-17(19)18(15)14-8-10-16(21-3)11-9-14/h6-11,15H,4-5,12-13H2,1-3H3/b7-6+. The molecule has 1 atom stereocenters. The number of cyclic esters (lactones) is 1. The monoisotopic (exact) mass is 369 g/mol. The van der Waals surface area contributed by atoms with Gasteiger partial charge in [0, 0.05) is 5.69 Å². The van der Waals surface area contributed by atoms with Gasteiger partial charge in [-0.15, -0.1) is 0 Å². The topological polar surface area (TPSA) is 74.3 Å². The van der Waals surface area contributed by atoms with Crippen LogP contribution in [0.1, 0.15) is 13.8 Å². The number of allylic oxidation sites excluding steroid dienone is 1. The van der Waals surface area contributed by atoms with Crippen molar-refractivity contribution in [3.63, 3.8) is 0 Å². The minimum Gasteiger partial charge on any atom is -0.497 e. The lowest BCUT2D eigenvalue weighted by atomic mass is 10.2. The molecule has 1 saturated heterocycles. The van der Waals surface area contributed by atoms with E-state index in [-0.39, 0.29) is 18.8 Å². The van der Waals surface area contributed by atoms with E-state index < -0.39 is 13.7 Å². The molecule has 1 heterocycles. The highest BCUT2D eigenvalue weighted by Crippen LogP contribution is 2.47. The molecule has 1 aromatic rings. The molecule has 1 fully saturated rings. The van der Waals surface area contributed by atoms with Gasteiger partial charge in [0.1, 0.15) is 12.4 Å². The lowest BCUT2D eigenvalue weighted by molar-refractivity contribution is 0.179. The molecule has 8 heteroatoms. The smallest absolute Gasteiger partial charge is 0.415 e. The Kier molecular flexibility index (Phi) is 7.05. The maximum Gasteiger partial charge on any atom is 0.415 e. The summed E-state index contributed by atoms with van der Waals surface area (Å²) in [4.78, 5) is 13.6. The van der Waals surface area contributed by atoms with Crippen LogP contribution in [0.2, 0.25) is 0 Å². The van der Waals surface area contributed by atoms with Gasteiger partial charge in [0.15, 0.2) is 0 Å². The molecule has 0 N–H and O–H groups in total. The summed E-state index contributed by atoms with van der Waals surface area (Å²) in [5, 5.41) is 0. The Hall–Kier alpha value is -1.82. The molecular formula is C17H24NO6P. The Morgan fingerprint density at radius 1 is 1.24 bits per heavy atom. The third kappa shape index (κ3) is 5.08. The number of methoxy groups -OCH3 is 1. The number of carbonyl (C=O) groups excluding carboxylic acids is 1. The zero-order valence-corrected chi connectivity index (χ0v) is 15.6. The van der Waals surface area contributed by atoms with Gasteiger partial charge in [-0.1, -0.05) is 12.2 Å². The molecular weight excluding hydrogens is 345 g/mol. The number of amides is 1. The van der Waals surface area contributed by atoms with Crippen molar-refractivity contribution in [2.75, 3.05) is 38.0 Å². The van der Waals surface area contributed by atoms with Gasteiger partial charge in [0.25, 0.3) is 0 Å². The van der Waals surface area contributed by atoms with Gasteiger partial charge in [-0.05, 0) is 38.1 Å². The van der Waals surface area contributed by atoms with Crippen molar-refractivity contribution in [1.29, 1.82) is 0 Å². The van der Waals surface area contributed by atoms with Crippen LogP contribution >= 0.6 is 7.60 Å². The van der Waals surface area contributed by atoms with E-state index in [2.05, 4.69) is 0 Å². The van der Waals surface area contributed by atoms with Crippen molar-refractivity contribution in [3.05, 3.63) is 36.4 Å². The Labute approximate surface area is 148 Å². The molecule has 0 aromatic heterocycles. The molecule has 2 rings (SSSR count). The van der Waals surface area contributed by atoms with E-state index in [0.717, 1.165) is 0 Å². The molecule has 25 heavy (non-hydrogen) atoms. The van der Waals surface area contributed by atoms with Crippen molar-refractivity contribution < 1.29 is 27.9 Å². The number of hydrogen-bond acceptors (Lipinski definition) is 6. The summed E-state index contributed by atoms with van der Waals surface area (Å²) in [5.41, 5.74) is 0.704. The van der Waals surface area contributed by atoms with Crippen molar-refractivity contribution >= 4 is 19.4 Å². The fraction of sp³-hybridized carbons (Fsp3) is 0.471. The highest BCUT2D eigenvalue weighted by Gasteiger charge is 2.32. The van der Waals surface area contributed by atoms with Crippen molar-refractivity contribution in [2.24, 2.45) is 0 Å². The van der Waals surface area contributed by atoms with Crippen LogP contribution in [0.3, 0.4) is 0 Å². The van der Waals surface area contributed by atoms with Crippen LogP contribution in [-0.4, -0.2) is 45.2 Å². The predicted octanol–water partition coefficient (Wildman–Crippen LogP) is 3.84. The molecule has 1 aromatic carbocycles. The molecule has 138 valence electrons. The Balaban J connectivity index is 2.08. The molecule has 1 amide bonds. The first kappa shape index (κ1) is 19.5. The van der Waals surface area contributed by atoms with Crippen LogP contribution in [0, 0.1) is 0 Å². The SMILES string of the molecule is CCOP(=O)(C/C=C/C1COC(=O)N1c1ccc(OC)cc1)OCC. The lowest BCUT2D eigenvalue weighted by Gasteiger charge is -2.19. The van der Waals surface area contributed by atoms with Gasteiger partial charge in [-0.3, -0.25) is 9.46 Å². The zero-order chi connectivity index (χ0) is 18.3. The highest BCUT2D eigenvalue weighted by atomic mass is 31.2. The molecule has 0 radical (unpaired) electrons. The Morgan fingerprint density at radius 3 is 2.44 bits per heavy atom. The van der Waals surface area contributed by atoms with Crippen LogP contribution in [-0.2, 0) is 18.3 Å². The summed E-state index contributed by atoms with van der Waals surface area (Å²) in [5.74, 6) is 0.706. The zero-order valence-electron chi connectivity index (χ0n) is 14.7. The lowest BCUT2D eigenvalue weighted by Crippen LogP contribution is -2.31. The van der Waals surface area contributed by atoms with Crippen LogP contribution in [0.4, 0.5) is 10.5 Å². The number of hydrogen-bond donors (Lipinski definition) is 0.